The first-order chi connectivity index (χ1) is 9.28. The number of anilines is 1. The summed E-state index contributed by atoms with van der Waals surface area (Å²) in [4.78, 5) is 11.8. The zero-order valence-electron chi connectivity index (χ0n) is 10.6. The third-order valence-corrected chi connectivity index (χ3v) is 4.42. The maximum atomic E-state index is 11.8. The van der Waals surface area contributed by atoms with Gasteiger partial charge in [-0.3, -0.25) is 4.79 Å². The molecular formula is C14H15NO2S2. The van der Waals surface area contributed by atoms with Gasteiger partial charge in [0.25, 0.3) is 0 Å². The van der Waals surface area contributed by atoms with Crippen LogP contribution >= 0.6 is 23.1 Å². The van der Waals surface area contributed by atoms with E-state index in [1.54, 1.807) is 23.1 Å². The molecule has 1 heterocycles. The molecule has 1 amide bonds. The molecule has 0 bridgehead atoms. The van der Waals surface area contributed by atoms with Crippen molar-refractivity contribution in [3.05, 3.63) is 41.8 Å². The predicted octanol–water partition coefficient (Wildman–Crippen LogP) is 3.88. The molecule has 0 radical (unpaired) electrons. The van der Waals surface area contributed by atoms with E-state index in [1.807, 2.05) is 48.7 Å². The Morgan fingerprint density at radius 1 is 1.32 bits per heavy atom. The summed E-state index contributed by atoms with van der Waals surface area (Å²) in [6.45, 7) is 2.58. The van der Waals surface area contributed by atoms with Crippen molar-refractivity contribution in [2.45, 2.75) is 11.1 Å². The Labute approximate surface area is 121 Å². The number of hydrogen-bond donors (Lipinski definition) is 1. The molecule has 0 aliphatic rings. The van der Waals surface area contributed by atoms with Crippen molar-refractivity contribution in [2.75, 3.05) is 17.7 Å². The van der Waals surface area contributed by atoms with Gasteiger partial charge in [-0.2, -0.15) is 0 Å². The van der Waals surface area contributed by atoms with Gasteiger partial charge in [0, 0.05) is 5.69 Å². The number of amides is 1. The van der Waals surface area contributed by atoms with Gasteiger partial charge in [-0.1, -0.05) is 6.07 Å². The largest absolute Gasteiger partial charge is 0.494 e. The first kappa shape index (κ1) is 14.0. The van der Waals surface area contributed by atoms with Gasteiger partial charge in [-0.25, -0.2) is 0 Å². The van der Waals surface area contributed by atoms with E-state index in [9.17, 15) is 4.79 Å². The van der Waals surface area contributed by atoms with Crippen molar-refractivity contribution in [3.8, 4) is 5.75 Å². The average molecular weight is 293 g/mol. The lowest BCUT2D eigenvalue weighted by molar-refractivity contribution is -0.113. The minimum atomic E-state index is 0.00237. The van der Waals surface area contributed by atoms with Crippen LogP contribution < -0.4 is 10.1 Å². The summed E-state index contributed by atoms with van der Waals surface area (Å²) in [7, 11) is 0. The number of hydrogen-bond acceptors (Lipinski definition) is 4. The van der Waals surface area contributed by atoms with Crippen LogP contribution in [0.25, 0.3) is 0 Å². The molecule has 0 fully saturated rings. The number of ether oxygens (including phenoxy) is 1. The highest BCUT2D eigenvalue weighted by molar-refractivity contribution is 8.01. The van der Waals surface area contributed by atoms with Crippen LogP contribution in [0.2, 0.25) is 0 Å². The van der Waals surface area contributed by atoms with Crippen molar-refractivity contribution in [2.24, 2.45) is 0 Å². The molecule has 0 spiro atoms. The van der Waals surface area contributed by atoms with Gasteiger partial charge >= 0.3 is 0 Å². The Hall–Kier alpha value is -1.46. The molecule has 1 aromatic heterocycles. The summed E-state index contributed by atoms with van der Waals surface area (Å²) >= 11 is 3.19. The molecule has 0 atom stereocenters. The van der Waals surface area contributed by atoms with Crippen LogP contribution in [-0.2, 0) is 4.79 Å². The topological polar surface area (TPSA) is 38.3 Å². The monoisotopic (exact) mass is 293 g/mol. The highest BCUT2D eigenvalue weighted by Crippen LogP contribution is 2.23. The van der Waals surface area contributed by atoms with E-state index < -0.39 is 0 Å². The molecule has 2 rings (SSSR count). The van der Waals surface area contributed by atoms with Gasteiger partial charge in [0.15, 0.2) is 0 Å². The summed E-state index contributed by atoms with van der Waals surface area (Å²) < 4.78 is 6.50. The van der Waals surface area contributed by atoms with E-state index >= 15 is 0 Å². The zero-order chi connectivity index (χ0) is 13.5. The number of nitrogens with one attached hydrogen (secondary N) is 1. The van der Waals surface area contributed by atoms with Crippen LogP contribution in [-0.4, -0.2) is 18.3 Å². The van der Waals surface area contributed by atoms with E-state index in [4.69, 9.17) is 4.74 Å². The van der Waals surface area contributed by atoms with Gasteiger partial charge < -0.3 is 10.1 Å². The third-order valence-electron chi connectivity index (χ3n) is 2.29. The van der Waals surface area contributed by atoms with Crippen LogP contribution in [0.1, 0.15) is 6.92 Å². The van der Waals surface area contributed by atoms with E-state index in [-0.39, 0.29) is 5.91 Å². The average Bonchev–Trinajstić information content (AvgIpc) is 2.92. The molecule has 1 N–H and O–H groups in total. The summed E-state index contributed by atoms with van der Waals surface area (Å²) in [6, 6.07) is 11.4. The number of carbonyl (C=O) groups is 1. The maximum absolute atomic E-state index is 11.8. The molecule has 100 valence electrons. The molecular weight excluding hydrogens is 278 g/mol. The molecule has 0 saturated carbocycles. The van der Waals surface area contributed by atoms with Crippen molar-refractivity contribution in [3.63, 3.8) is 0 Å². The maximum Gasteiger partial charge on any atom is 0.234 e. The van der Waals surface area contributed by atoms with Gasteiger partial charge in [0.05, 0.1) is 16.6 Å². The summed E-state index contributed by atoms with van der Waals surface area (Å²) in [5.74, 6) is 1.24. The number of thiophene rings is 1. The van der Waals surface area contributed by atoms with Gasteiger partial charge in [-0.05, 0) is 42.6 Å². The number of thioether (sulfide) groups is 1. The van der Waals surface area contributed by atoms with E-state index in [2.05, 4.69) is 5.32 Å². The van der Waals surface area contributed by atoms with Crippen molar-refractivity contribution >= 4 is 34.7 Å². The fraction of sp³-hybridized carbons (Fsp3) is 0.214. The van der Waals surface area contributed by atoms with Crippen LogP contribution in [0.15, 0.2) is 46.0 Å². The Bertz CT molecular complexity index is 509. The van der Waals surface area contributed by atoms with Crippen LogP contribution in [0.3, 0.4) is 0 Å². The van der Waals surface area contributed by atoms with Crippen molar-refractivity contribution in [1.29, 1.82) is 0 Å². The Kier molecular flexibility index (Phi) is 5.30. The Balaban J connectivity index is 1.81. The molecule has 2 aromatic rings. The second kappa shape index (κ2) is 7.21. The summed E-state index contributed by atoms with van der Waals surface area (Å²) in [5.41, 5.74) is 0.792. The molecule has 19 heavy (non-hydrogen) atoms. The van der Waals surface area contributed by atoms with E-state index in [0.29, 0.717) is 12.4 Å². The Morgan fingerprint density at radius 3 is 2.74 bits per heavy atom. The fourth-order valence-corrected chi connectivity index (χ4v) is 3.06. The minimum absolute atomic E-state index is 0.00237. The number of benzene rings is 1. The highest BCUT2D eigenvalue weighted by Gasteiger charge is 2.04. The van der Waals surface area contributed by atoms with Gasteiger partial charge in [0.2, 0.25) is 5.91 Å². The van der Waals surface area contributed by atoms with Crippen LogP contribution in [0, 0.1) is 0 Å². The molecule has 1 aromatic carbocycles. The molecule has 0 unspecified atom stereocenters. The van der Waals surface area contributed by atoms with Crippen molar-refractivity contribution < 1.29 is 9.53 Å². The lowest BCUT2D eigenvalue weighted by Gasteiger charge is -2.06. The molecule has 3 nitrogen and oxygen atoms in total. The molecule has 0 aliphatic carbocycles. The summed E-state index contributed by atoms with van der Waals surface area (Å²) in [5, 5.41) is 4.87. The minimum Gasteiger partial charge on any atom is -0.494 e. The smallest absolute Gasteiger partial charge is 0.234 e. The fourth-order valence-electron chi connectivity index (χ4n) is 1.48. The molecule has 5 heteroatoms. The first-order valence-electron chi connectivity index (χ1n) is 5.97. The predicted molar refractivity (Wildman–Crippen MR) is 81.3 cm³/mol. The third kappa shape index (κ3) is 4.61. The lowest BCUT2D eigenvalue weighted by atomic mass is 10.3. The normalized spacial score (nSPS) is 10.2. The number of carbonyl (C=O) groups excluding carboxylic acids is 1. The van der Waals surface area contributed by atoms with Crippen LogP contribution in [0.4, 0.5) is 5.69 Å². The van der Waals surface area contributed by atoms with Crippen molar-refractivity contribution in [1.82, 2.24) is 0 Å². The standard InChI is InChI=1S/C14H15NO2S2/c1-2-17-12-7-5-11(6-8-12)15-13(16)10-19-14-4-3-9-18-14/h3-9H,2,10H2,1H3,(H,15,16). The number of rotatable bonds is 6. The van der Waals surface area contributed by atoms with Crippen LogP contribution in [0.5, 0.6) is 5.75 Å². The summed E-state index contributed by atoms with van der Waals surface area (Å²) in [6.07, 6.45) is 0. The van der Waals surface area contributed by atoms with E-state index in [0.717, 1.165) is 15.6 Å². The first-order valence-corrected chi connectivity index (χ1v) is 7.83. The van der Waals surface area contributed by atoms with Gasteiger partial charge in [0.1, 0.15) is 5.75 Å². The molecule has 0 aliphatic heterocycles. The second-order valence-electron chi connectivity index (χ2n) is 3.73. The quantitative estimate of drug-likeness (QED) is 0.821. The highest BCUT2D eigenvalue weighted by atomic mass is 32.2. The molecule has 0 saturated heterocycles. The SMILES string of the molecule is CCOc1ccc(NC(=O)CSc2cccs2)cc1. The lowest BCUT2D eigenvalue weighted by Crippen LogP contribution is -2.13. The second-order valence-corrected chi connectivity index (χ2v) is 5.95. The zero-order valence-corrected chi connectivity index (χ0v) is 12.2. The Morgan fingerprint density at radius 2 is 2.11 bits per heavy atom. The van der Waals surface area contributed by atoms with Gasteiger partial charge in [-0.15, -0.1) is 23.1 Å². The van der Waals surface area contributed by atoms with E-state index in [1.165, 1.54) is 0 Å².